The number of rotatable bonds is 0. The molecule has 1 rings (SSSR count). The smallest absolute Gasteiger partial charge is 0.0747 e. The zero-order chi connectivity index (χ0) is 6.69. The molecule has 0 heterocycles. The minimum Gasteiger partial charge on any atom is -0.389 e. The molecule has 1 N–H and O–H groups in total. The van der Waals surface area contributed by atoms with Gasteiger partial charge in [-0.3, -0.25) is 0 Å². The molecule has 0 saturated carbocycles. The van der Waals surface area contributed by atoms with Gasteiger partial charge in [-0.2, -0.15) is 0 Å². The molecule has 0 bridgehead atoms. The van der Waals surface area contributed by atoms with E-state index in [9.17, 15) is 5.11 Å². The summed E-state index contributed by atoms with van der Waals surface area (Å²) in [6.07, 6.45) is 6.54. The van der Waals surface area contributed by atoms with Crippen LogP contribution in [0.4, 0.5) is 0 Å². The Labute approximate surface area is 56.4 Å². The molecule has 1 aliphatic rings. The van der Waals surface area contributed by atoms with E-state index >= 15 is 0 Å². The third-order valence-corrected chi connectivity index (χ3v) is 1.92. The van der Waals surface area contributed by atoms with Crippen molar-refractivity contribution in [3.05, 3.63) is 11.6 Å². The van der Waals surface area contributed by atoms with Gasteiger partial charge in [-0.15, -0.1) is 0 Å². The molecule has 0 saturated heterocycles. The summed E-state index contributed by atoms with van der Waals surface area (Å²) in [5.41, 5.74) is 1.16. The van der Waals surface area contributed by atoms with E-state index in [-0.39, 0.29) is 6.10 Å². The van der Waals surface area contributed by atoms with Crippen molar-refractivity contribution in [3.8, 4) is 0 Å². The second-order valence-corrected chi connectivity index (χ2v) is 2.75. The van der Waals surface area contributed by atoms with Crippen molar-refractivity contribution in [2.75, 3.05) is 0 Å². The van der Waals surface area contributed by atoms with Gasteiger partial charge in [0.2, 0.25) is 0 Å². The van der Waals surface area contributed by atoms with Crippen molar-refractivity contribution in [2.45, 2.75) is 38.7 Å². The van der Waals surface area contributed by atoms with Gasteiger partial charge < -0.3 is 5.11 Å². The van der Waals surface area contributed by atoms with Crippen molar-refractivity contribution >= 4 is 0 Å². The Bertz CT molecular complexity index is 116. The van der Waals surface area contributed by atoms with Gasteiger partial charge in [-0.05, 0) is 31.8 Å². The number of hydrogen-bond acceptors (Lipinski definition) is 1. The van der Waals surface area contributed by atoms with Crippen LogP contribution in [0.15, 0.2) is 11.6 Å². The van der Waals surface area contributed by atoms with Crippen LogP contribution >= 0.6 is 0 Å². The first-order valence-corrected chi connectivity index (χ1v) is 3.65. The lowest BCUT2D eigenvalue weighted by atomic mass is 10.1. The number of allylic oxidation sites excluding steroid dienone is 1. The van der Waals surface area contributed by atoms with Gasteiger partial charge in [0, 0.05) is 0 Å². The molecule has 1 heteroatoms. The fourth-order valence-corrected chi connectivity index (χ4v) is 1.18. The van der Waals surface area contributed by atoms with Crippen LogP contribution in [0.3, 0.4) is 0 Å². The monoisotopic (exact) mass is 126 g/mol. The molecule has 1 atom stereocenters. The summed E-state index contributed by atoms with van der Waals surface area (Å²) in [6, 6.07) is 0. The highest BCUT2D eigenvalue weighted by Crippen LogP contribution is 2.16. The summed E-state index contributed by atoms with van der Waals surface area (Å²) in [5, 5.41) is 9.29. The average molecular weight is 126 g/mol. The van der Waals surface area contributed by atoms with E-state index in [1.807, 2.05) is 6.92 Å². The van der Waals surface area contributed by atoms with Gasteiger partial charge in [0.05, 0.1) is 6.10 Å². The molecule has 0 amide bonds. The van der Waals surface area contributed by atoms with Crippen LogP contribution < -0.4 is 0 Å². The molecule has 9 heavy (non-hydrogen) atoms. The lowest BCUT2D eigenvalue weighted by Crippen LogP contribution is -2.05. The van der Waals surface area contributed by atoms with Gasteiger partial charge in [-0.1, -0.05) is 12.5 Å². The summed E-state index contributed by atoms with van der Waals surface area (Å²) in [7, 11) is 0. The van der Waals surface area contributed by atoms with Gasteiger partial charge in [0.1, 0.15) is 0 Å². The zero-order valence-corrected chi connectivity index (χ0v) is 5.93. The minimum atomic E-state index is -0.146. The van der Waals surface area contributed by atoms with E-state index in [0.717, 1.165) is 18.4 Å². The Kier molecular flexibility index (Phi) is 2.29. The minimum absolute atomic E-state index is 0.146. The predicted octanol–water partition coefficient (Wildman–Crippen LogP) is 1.87. The molecule has 1 unspecified atom stereocenters. The van der Waals surface area contributed by atoms with Crippen molar-refractivity contribution in [3.63, 3.8) is 0 Å². The molecule has 0 aromatic heterocycles. The van der Waals surface area contributed by atoms with Crippen LogP contribution in [0.25, 0.3) is 0 Å². The van der Waals surface area contributed by atoms with Crippen molar-refractivity contribution < 1.29 is 5.11 Å². The predicted molar refractivity (Wildman–Crippen MR) is 38.2 cm³/mol. The molecule has 52 valence electrons. The summed E-state index contributed by atoms with van der Waals surface area (Å²) in [4.78, 5) is 0. The lowest BCUT2D eigenvalue weighted by Gasteiger charge is -2.05. The van der Waals surface area contributed by atoms with E-state index in [1.54, 1.807) is 0 Å². The standard InChI is InChI=1S/C8H14O/c1-7-5-3-2-4-6-8(7)9/h5,8-9H,2-4,6H2,1H3. The molecule has 0 aromatic carbocycles. The second kappa shape index (κ2) is 3.02. The normalized spacial score (nSPS) is 29.1. The molecule has 0 spiro atoms. The summed E-state index contributed by atoms with van der Waals surface area (Å²) in [5.74, 6) is 0. The average Bonchev–Trinajstić information content (AvgIpc) is 1.99. The lowest BCUT2D eigenvalue weighted by molar-refractivity contribution is 0.199. The highest BCUT2D eigenvalue weighted by Gasteiger charge is 2.07. The fourth-order valence-electron chi connectivity index (χ4n) is 1.18. The van der Waals surface area contributed by atoms with Crippen LogP contribution in [0.5, 0.6) is 0 Å². The molecule has 0 aromatic rings. The van der Waals surface area contributed by atoms with Crippen LogP contribution in [0.2, 0.25) is 0 Å². The molecule has 0 fully saturated rings. The highest BCUT2D eigenvalue weighted by molar-refractivity contribution is 5.05. The fraction of sp³-hybridized carbons (Fsp3) is 0.750. The largest absolute Gasteiger partial charge is 0.389 e. The SMILES string of the molecule is CC1=CCCCCC1O. The summed E-state index contributed by atoms with van der Waals surface area (Å²) >= 11 is 0. The Hall–Kier alpha value is -0.300. The van der Waals surface area contributed by atoms with E-state index in [4.69, 9.17) is 0 Å². The van der Waals surface area contributed by atoms with E-state index in [2.05, 4.69) is 6.08 Å². The molecule has 0 aliphatic heterocycles. The first-order chi connectivity index (χ1) is 4.30. The van der Waals surface area contributed by atoms with E-state index < -0.39 is 0 Å². The number of aliphatic hydroxyl groups excluding tert-OH is 1. The zero-order valence-electron chi connectivity index (χ0n) is 5.93. The maximum atomic E-state index is 9.29. The summed E-state index contributed by atoms with van der Waals surface area (Å²) < 4.78 is 0. The first kappa shape index (κ1) is 6.81. The van der Waals surface area contributed by atoms with Gasteiger partial charge in [0.25, 0.3) is 0 Å². The van der Waals surface area contributed by atoms with Crippen LogP contribution in [-0.2, 0) is 0 Å². The third kappa shape index (κ3) is 1.83. The number of aliphatic hydroxyl groups is 1. The Morgan fingerprint density at radius 1 is 1.56 bits per heavy atom. The topological polar surface area (TPSA) is 20.2 Å². The highest BCUT2D eigenvalue weighted by atomic mass is 16.3. The quantitative estimate of drug-likeness (QED) is 0.491. The first-order valence-electron chi connectivity index (χ1n) is 3.65. The van der Waals surface area contributed by atoms with Crippen LogP contribution in [0.1, 0.15) is 32.6 Å². The number of hydrogen-bond donors (Lipinski definition) is 1. The van der Waals surface area contributed by atoms with Crippen molar-refractivity contribution in [2.24, 2.45) is 0 Å². The Morgan fingerprint density at radius 3 is 3.11 bits per heavy atom. The Balaban J connectivity index is 2.51. The molecule has 0 radical (unpaired) electrons. The van der Waals surface area contributed by atoms with Crippen molar-refractivity contribution in [1.82, 2.24) is 0 Å². The Morgan fingerprint density at radius 2 is 2.33 bits per heavy atom. The van der Waals surface area contributed by atoms with Crippen LogP contribution in [0, 0.1) is 0 Å². The molecule has 1 aliphatic carbocycles. The second-order valence-electron chi connectivity index (χ2n) is 2.75. The van der Waals surface area contributed by atoms with Gasteiger partial charge in [0.15, 0.2) is 0 Å². The van der Waals surface area contributed by atoms with Gasteiger partial charge >= 0.3 is 0 Å². The summed E-state index contributed by atoms with van der Waals surface area (Å²) in [6.45, 7) is 2.01. The van der Waals surface area contributed by atoms with E-state index in [0.29, 0.717) is 0 Å². The molecule has 1 nitrogen and oxygen atoms in total. The van der Waals surface area contributed by atoms with E-state index in [1.165, 1.54) is 12.8 Å². The van der Waals surface area contributed by atoms with Gasteiger partial charge in [-0.25, -0.2) is 0 Å². The maximum Gasteiger partial charge on any atom is 0.0747 e. The molecular formula is C8H14O. The maximum absolute atomic E-state index is 9.29. The molecular weight excluding hydrogens is 112 g/mol. The van der Waals surface area contributed by atoms with Crippen LogP contribution in [-0.4, -0.2) is 11.2 Å². The third-order valence-electron chi connectivity index (χ3n) is 1.92. The van der Waals surface area contributed by atoms with Crippen molar-refractivity contribution in [1.29, 1.82) is 0 Å².